The van der Waals surface area contributed by atoms with Gasteiger partial charge in [-0.3, -0.25) is 0 Å². The molecule has 0 rings (SSSR count). The van der Waals surface area contributed by atoms with Gasteiger partial charge >= 0.3 is 12.0 Å². The number of hydrogen-bond acceptors (Lipinski definition) is 3. The predicted molar refractivity (Wildman–Crippen MR) is 70.7 cm³/mol. The van der Waals surface area contributed by atoms with Crippen LogP contribution in [0.2, 0.25) is 0 Å². The Bertz CT molecular complexity index is 292. The Hall–Kier alpha value is -1.30. The van der Waals surface area contributed by atoms with E-state index in [4.69, 9.17) is 5.11 Å². The number of nitrogens with zero attached hydrogens (tertiary/aromatic N) is 2. The molecule has 6 heteroatoms. The van der Waals surface area contributed by atoms with Gasteiger partial charge in [0.15, 0.2) is 0 Å². The van der Waals surface area contributed by atoms with E-state index in [9.17, 15) is 9.59 Å². The molecule has 6 nitrogen and oxygen atoms in total. The smallest absolute Gasteiger partial charge is 0.329 e. The van der Waals surface area contributed by atoms with Crippen molar-refractivity contribution in [3.8, 4) is 0 Å². The standard InChI is InChI=1S/C12H25N3O3/c1-6-14(5)9-8-13-11(18)15(7-2)12(3,4)10(16)17/h6-9H2,1-5H3,(H,13,18)(H,16,17). The lowest BCUT2D eigenvalue weighted by Crippen LogP contribution is -2.56. The molecule has 0 spiro atoms. The Balaban J connectivity index is 4.41. The minimum absolute atomic E-state index is 0.339. The van der Waals surface area contributed by atoms with E-state index in [1.54, 1.807) is 6.92 Å². The Morgan fingerprint density at radius 1 is 1.22 bits per heavy atom. The summed E-state index contributed by atoms with van der Waals surface area (Å²) >= 11 is 0. The van der Waals surface area contributed by atoms with Gasteiger partial charge in [-0.1, -0.05) is 6.92 Å². The quantitative estimate of drug-likeness (QED) is 0.710. The molecule has 2 N–H and O–H groups in total. The molecular weight excluding hydrogens is 234 g/mol. The fourth-order valence-corrected chi connectivity index (χ4v) is 1.52. The van der Waals surface area contributed by atoms with Gasteiger partial charge in [-0.15, -0.1) is 0 Å². The van der Waals surface area contributed by atoms with Gasteiger partial charge in [-0.25, -0.2) is 9.59 Å². The number of hydrogen-bond donors (Lipinski definition) is 2. The van der Waals surface area contributed by atoms with E-state index in [0.29, 0.717) is 13.1 Å². The van der Waals surface area contributed by atoms with Crippen molar-refractivity contribution in [2.45, 2.75) is 33.2 Å². The first-order valence-electron chi connectivity index (χ1n) is 6.24. The number of carboxylic acid groups (broad SMARTS) is 1. The van der Waals surface area contributed by atoms with Crippen molar-refractivity contribution in [3.05, 3.63) is 0 Å². The van der Waals surface area contributed by atoms with E-state index in [1.165, 1.54) is 18.7 Å². The average Bonchev–Trinajstić information content (AvgIpc) is 2.29. The molecule has 0 aliphatic carbocycles. The summed E-state index contributed by atoms with van der Waals surface area (Å²) in [6, 6.07) is -0.339. The lowest BCUT2D eigenvalue weighted by atomic mass is 10.0. The number of carboxylic acids is 1. The molecule has 2 amide bonds. The van der Waals surface area contributed by atoms with Gasteiger partial charge in [-0.2, -0.15) is 0 Å². The molecule has 0 bridgehead atoms. The molecule has 0 aliphatic rings. The fourth-order valence-electron chi connectivity index (χ4n) is 1.52. The van der Waals surface area contributed by atoms with Crippen LogP contribution in [0.4, 0.5) is 4.79 Å². The summed E-state index contributed by atoms with van der Waals surface area (Å²) in [6.45, 7) is 9.37. The first kappa shape index (κ1) is 16.7. The second kappa shape index (κ2) is 7.20. The van der Waals surface area contributed by atoms with Gasteiger partial charge in [0.2, 0.25) is 0 Å². The molecular formula is C12H25N3O3. The Morgan fingerprint density at radius 3 is 2.17 bits per heavy atom. The molecule has 0 aromatic carbocycles. The van der Waals surface area contributed by atoms with Crippen molar-refractivity contribution in [2.24, 2.45) is 0 Å². The van der Waals surface area contributed by atoms with Gasteiger partial charge in [0.1, 0.15) is 5.54 Å². The summed E-state index contributed by atoms with van der Waals surface area (Å²) in [7, 11) is 1.96. The minimum atomic E-state index is -1.20. The highest BCUT2D eigenvalue weighted by atomic mass is 16.4. The number of likely N-dealkylation sites (N-methyl/N-ethyl adjacent to an activating group) is 2. The molecule has 0 aromatic rings. The maximum atomic E-state index is 11.9. The van der Waals surface area contributed by atoms with Gasteiger partial charge in [0, 0.05) is 19.6 Å². The molecule has 0 saturated carbocycles. The van der Waals surface area contributed by atoms with Crippen LogP contribution < -0.4 is 5.32 Å². The Kier molecular flexibility index (Phi) is 6.68. The largest absolute Gasteiger partial charge is 0.480 e. The van der Waals surface area contributed by atoms with Crippen molar-refractivity contribution < 1.29 is 14.7 Å². The zero-order valence-electron chi connectivity index (χ0n) is 12.0. The monoisotopic (exact) mass is 259 g/mol. The van der Waals surface area contributed by atoms with Crippen molar-refractivity contribution in [1.82, 2.24) is 15.1 Å². The van der Waals surface area contributed by atoms with Crippen LogP contribution in [0.1, 0.15) is 27.7 Å². The number of rotatable bonds is 7. The number of aliphatic carboxylic acids is 1. The van der Waals surface area contributed by atoms with E-state index in [2.05, 4.69) is 10.2 Å². The third-order valence-corrected chi connectivity index (χ3v) is 3.07. The van der Waals surface area contributed by atoms with Crippen molar-refractivity contribution in [1.29, 1.82) is 0 Å². The molecule has 18 heavy (non-hydrogen) atoms. The van der Waals surface area contributed by atoms with Crippen LogP contribution in [0.5, 0.6) is 0 Å². The maximum absolute atomic E-state index is 11.9. The zero-order chi connectivity index (χ0) is 14.3. The second-order valence-electron chi connectivity index (χ2n) is 4.74. The third-order valence-electron chi connectivity index (χ3n) is 3.07. The van der Waals surface area contributed by atoms with Crippen LogP contribution in [0.15, 0.2) is 0 Å². The number of urea groups is 1. The summed E-state index contributed by atoms with van der Waals surface area (Å²) < 4.78 is 0. The summed E-state index contributed by atoms with van der Waals surface area (Å²) in [6.07, 6.45) is 0. The SMILES string of the molecule is CCN(C)CCNC(=O)N(CC)C(C)(C)C(=O)O. The topological polar surface area (TPSA) is 72.9 Å². The molecule has 0 fully saturated rings. The summed E-state index contributed by atoms with van der Waals surface area (Å²) in [4.78, 5) is 26.4. The number of amides is 2. The highest BCUT2D eigenvalue weighted by Gasteiger charge is 2.36. The molecule has 0 unspecified atom stereocenters. The molecule has 0 aliphatic heterocycles. The van der Waals surface area contributed by atoms with E-state index in [0.717, 1.165) is 13.1 Å². The van der Waals surface area contributed by atoms with Gasteiger partial charge in [0.05, 0.1) is 0 Å². The van der Waals surface area contributed by atoms with Gasteiger partial charge in [-0.05, 0) is 34.4 Å². The first-order chi connectivity index (χ1) is 8.27. The Labute approximate surface area is 109 Å². The highest BCUT2D eigenvalue weighted by molar-refractivity contribution is 5.85. The summed E-state index contributed by atoms with van der Waals surface area (Å²) in [5, 5.41) is 11.9. The lowest BCUT2D eigenvalue weighted by Gasteiger charge is -2.34. The molecule has 0 atom stereocenters. The predicted octanol–water partition coefficient (Wildman–Crippen LogP) is 0.833. The Morgan fingerprint density at radius 2 is 1.78 bits per heavy atom. The van der Waals surface area contributed by atoms with Crippen LogP contribution in [-0.2, 0) is 4.79 Å². The minimum Gasteiger partial charge on any atom is -0.480 e. The molecule has 106 valence electrons. The normalized spacial score (nSPS) is 11.4. The van der Waals surface area contributed by atoms with Crippen molar-refractivity contribution in [3.63, 3.8) is 0 Å². The zero-order valence-corrected chi connectivity index (χ0v) is 12.0. The van der Waals surface area contributed by atoms with E-state index < -0.39 is 11.5 Å². The second-order valence-corrected chi connectivity index (χ2v) is 4.74. The number of carbonyl (C=O) groups excluding carboxylic acids is 1. The van der Waals surface area contributed by atoms with Crippen LogP contribution in [0, 0.1) is 0 Å². The first-order valence-corrected chi connectivity index (χ1v) is 6.24. The average molecular weight is 259 g/mol. The van der Waals surface area contributed by atoms with Gasteiger partial charge in [0.25, 0.3) is 0 Å². The third kappa shape index (κ3) is 4.52. The van der Waals surface area contributed by atoms with Crippen LogP contribution in [0.3, 0.4) is 0 Å². The van der Waals surface area contributed by atoms with Crippen LogP contribution >= 0.6 is 0 Å². The maximum Gasteiger partial charge on any atom is 0.329 e. The number of carbonyl (C=O) groups is 2. The number of nitrogens with one attached hydrogen (secondary N) is 1. The fraction of sp³-hybridized carbons (Fsp3) is 0.833. The van der Waals surface area contributed by atoms with Gasteiger partial charge < -0.3 is 20.2 Å². The molecule has 0 aromatic heterocycles. The van der Waals surface area contributed by atoms with Crippen LogP contribution in [0.25, 0.3) is 0 Å². The molecule has 0 radical (unpaired) electrons. The lowest BCUT2D eigenvalue weighted by molar-refractivity contribution is -0.147. The van der Waals surface area contributed by atoms with E-state index in [-0.39, 0.29) is 6.03 Å². The van der Waals surface area contributed by atoms with Crippen molar-refractivity contribution in [2.75, 3.05) is 33.2 Å². The molecule has 0 heterocycles. The molecule has 0 saturated heterocycles. The summed E-state index contributed by atoms with van der Waals surface area (Å²) in [5.41, 5.74) is -1.20. The van der Waals surface area contributed by atoms with Crippen molar-refractivity contribution >= 4 is 12.0 Å². The van der Waals surface area contributed by atoms with Crippen LogP contribution in [-0.4, -0.2) is 65.7 Å². The van der Waals surface area contributed by atoms with E-state index >= 15 is 0 Å². The summed E-state index contributed by atoms with van der Waals surface area (Å²) in [5.74, 6) is -1.01. The van der Waals surface area contributed by atoms with E-state index in [1.807, 2.05) is 14.0 Å². The highest BCUT2D eigenvalue weighted by Crippen LogP contribution is 2.14.